The van der Waals surface area contributed by atoms with Crippen molar-refractivity contribution in [1.29, 1.82) is 0 Å². The maximum Gasteiger partial charge on any atom is 0.122 e. The molecule has 3 aromatic rings. The predicted octanol–water partition coefficient (Wildman–Crippen LogP) is 4.05. The summed E-state index contributed by atoms with van der Waals surface area (Å²) >= 11 is 0. The second-order valence-electron chi connectivity index (χ2n) is 6.47. The van der Waals surface area contributed by atoms with Gasteiger partial charge in [-0.1, -0.05) is 24.3 Å². The summed E-state index contributed by atoms with van der Waals surface area (Å²) in [7, 11) is 0. The Bertz CT molecular complexity index is 839. The lowest BCUT2D eigenvalue weighted by atomic mass is 10.1. The Morgan fingerprint density at radius 1 is 1.08 bits per heavy atom. The minimum absolute atomic E-state index is 0.124. The number of aliphatic hydroxyl groups excluding tert-OH is 1. The fourth-order valence-electron chi connectivity index (χ4n) is 3.08. The molecule has 25 heavy (non-hydrogen) atoms. The highest BCUT2D eigenvalue weighted by atomic mass is 16.5. The van der Waals surface area contributed by atoms with Crippen molar-refractivity contribution in [2.24, 2.45) is 0 Å². The highest BCUT2D eigenvalue weighted by Gasteiger charge is 2.09. The van der Waals surface area contributed by atoms with Crippen LogP contribution in [0.3, 0.4) is 0 Å². The molecule has 0 unspecified atom stereocenters. The first kappa shape index (κ1) is 17.5. The standard InChI is InChI=1S/C21H26N2O2/c1-16-9-10-17(2)20(15-16)25-14-6-5-12-23-19-8-4-3-7-18(19)22-21(23)11-13-24/h3-4,7-10,15,24H,5-6,11-14H2,1-2H3. The molecule has 0 atom stereocenters. The number of para-hydroxylation sites is 2. The number of rotatable bonds is 8. The Balaban J connectivity index is 1.58. The van der Waals surface area contributed by atoms with Crippen LogP contribution in [-0.4, -0.2) is 27.9 Å². The summed E-state index contributed by atoms with van der Waals surface area (Å²) < 4.78 is 8.16. The van der Waals surface area contributed by atoms with E-state index in [2.05, 4.69) is 47.7 Å². The maximum atomic E-state index is 9.28. The third-order valence-electron chi connectivity index (χ3n) is 4.45. The smallest absolute Gasteiger partial charge is 0.122 e. The van der Waals surface area contributed by atoms with Gasteiger partial charge in [0.15, 0.2) is 0 Å². The van der Waals surface area contributed by atoms with E-state index in [1.54, 1.807) is 0 Å². The average Bonchev–Trinajstić information content (AvgIpc) is 2.95. The summed E-state index contributed by atoms with van der Waals surface area (Å²) in [4.78, 5) is 4.64. The Hall–Kier alpha value is -2.33. The number of aryl methyl sites for hydroxylation is 3. The van der Waals surface area contributed by atoms with Gasteiger partial charge in [0, 0.05) is 13.0 Å². The number of aliphatic hydroxyl groups is 1. The molecule has 0 amide bonds. The number of benzene rings is 2. The van der Waals surface area contributed by atoms with Gasteiger partial charge in [0.05, 0.1) is 24.2 Å². The van der Waals surface area contributed by atoms with Gasteiger partial charge in [-0.15, -0.1) is 0 Å². The van der Waals surface area contributed by atoms with Crippen LogP contribution in [0.15, 0.2) is 42.5 Å². The SMILES string of the molecule is Cc1ccc(C)c(OCCCCn2c(CCO)nc3ccccc32)c1. The molecule has 0 aliphatic rings. The van der Waals surface area contributed by atoms with Gasteiger partial charge < -0.3 is 14.4 Å². The molecule has 0 saturated carbocycles. The molecule has 0 saturated heterocycles. The zero-order valence-electron chi connectivity index (χ0n) is 15.0. The van der Waals surface area contributed by atoms with Gasteiger partial charge >= 0.3 is 0 Å². The first-order chi connectivity index (χ1) is 12.2. The molecule has 4 heteroatoms. The predicted molar refractivity (Wildman–Crippen MR) is 101 cm³/mol. The monoisotopic (exact) mass is 338 g/mol. The van der Waals surface area contributed by atoms with Crippen molar-refractivity contribution in [2.75, 3.05) is 13.2 Å². The van der Waals surface area contributed by atoms with Gasteiger partial charge in [0.1, 0.15) is 11.6 Å². The van der Waals surface area contributed by atoms with E-state index in [0.29, 0.717) is 13.0 Å². The number of imidazole rings is 1. The van der Waals surface area contributed by atoms with E-state index in [1.165, 1.54) is 11.1 Å². The quantitative estimate of drug-likeness (QED) is 0.630. The summed E-state index contributed by atoms with van der Waals surface area (Å²) in [6.07, 6.45) is 2.59. The summed E-state index contributed by atoms with van der Waals surface area (Å²) in [6, 6.07) is 14.5. The number of fused-ring (bicyclic) bond motifs is 1. The fraction of sp³-hybridized carbons (Fsp3) is 0.381. The molecule has 0 aliphatic heterocycles. The van der Waals surface area contributed by atoms with Gasteiger partial charge in [0.2, 0.25) is 0 Å². The minimum atomic E-state index is 0.124. The molecule has 132 valence electrons. The van der Waals surface area contributed by atoms with Crippen LogP contribution in [-0.2, 0) is 13.0 Å². The molecule has 0 bridgehead atoms. The topological polar surface area (TPSA) is 47.3 Å². The highest BCUT2D eigenvalue weighted by molar-refractivity contribution is 5.75. The van der Waals surface area contributed by atoms with E-state index in [9.17, 15) is 5.11 Å². The van der Waals surface area contributed by atoms with Crippen LogP contribution in [0.2, 0.25) is 0 Å². The number of nitrogens with zero attached hydrogens (tertiary/aromatic N) is 2. The zero-order valence-corrected chi connectivity index (χ0v) is 15.0. The largest absolute Gasteiger partial charge is 0.493 e. The van der Waals surface area contributed by atoms with Crippen molar-refractivity contribution in [3.63, 3.8) is 0 Å². The van der Waals surface area contributed by atoms with Gasteiger partial charge in [0.25, 0.3) is 0 Å². The molecule has 1 N–H and O–H groups in total. The first-order valence-electron chi connectivity index (χ1n) is 8.94. The van der Waals surface area contributed by atoms with Crippen molar-refractivity contribution in [3.05, 3.63) is 59.4 Å². The Kier molecular flexibility index (Phi) is 5.71. The third kappa shape index (κ3) is 4.20. The molecular weight excluding hydrogens is 312 g/mol. The molecule has 0 spiro atoms. The number of aromatic nitrogens is 2. The van der Waals surface area contributed by atoms with Crippen molar-refractivity contribution in [2.45, 2.75) is 39.7 Å². The van der Waals surface area contributed by atoms with Gasteiger partial charge in [-0.05, 0) is 56.0 Å². The molecule has 2 aromatic carbocycles. The van der Waals surface area contributed by atoms with Crippen molar-refractivity contribution >= 4 is 11.0 Å². The molecule has 0 fully saturated rings. The lowest BCUT2D eigenvalue weighted by Crippen LogP contribution is -2.07. The molecular formula is C21H26N2O2. The van der Waals surface area contributed by atoms with Crippen LogP contribution in [0.25, 0.3) is 11.0 Å². The normalized spacial score (nSPS) is 11.2. The van der Waals surface area contributed by atoms with Crippen molar-refractivity contribution < 1.29 is 9.84 Å². The molecule has 0 radical (unpaired) electrons. The second kappa shape index (κ2) is 8.17. The summed E-state index contributed by atoms with van der Waals surface area (Å²) in [6.45, 7) is 5.89. The lowest BCUT2D eigenvalue weighted by Gasteiger charge is -2.11. The van der Waals surface area contributed by atoms with Crippen LogP contribution in [0.1, 0.15) is 29.8 Å². The molecule has 4 nitrogen and oxygen atoms in total. The maximum absolute atomic E-state index is 9.28. The Labute approximate surface area is 149 Å². The van der Waals surface area contributed by atoms with E-state index in [-0.39, 0.29) is 6.61 Å². The summed E-state index contributed by atoms with van der Waals surface area (Å²) in [5, 5.41) is 9.28. The van der Waals surface area contributed by atoms with Crippen LogP contribution in [0.5, 0.6) is 5.75 Å². The van der Waals surface area contributed by atoms with E-state index >= 15 is 0 Å². The van der Waals surface area contributed by atoms with E-state index in [1.807, 2.05) is 18.2 Å². The van der Waals surface area contributed by atoms with Crippen LogP contribution < -0.4 is 4.74 Å². The van der Waals surface area contributed by atoms with Gasteiger partial charge in [-0.2, -0.15) is 0 Å². The van der Waals surface area contributed by atoms with E-state index in [0.717, 1.165) is 42.0 Å². The fourth-order valence-corrected chi connectivity index (χ4v) is 3.08. The molecule has 3 rings (SSSR count). The third-order valence-corrected chi connectivity index (χ3v) is 4.45. The number of unbranched alkanes of at least 4 members (excludes halogenated alkanes) is 1. The Morgan fingerprint density at radius 3 is 2.76 bits per heavy atom. The van der Waals surface area contributed by atoms with Crippen molar-refractivity contribution in [3.8, 4) is 5.75 Å². The van der Waals surface area contributed by atoms with Gasteiger partial charge in [-0.25, -0.2) is 4.98 Å². The first-order valence-corrected chi connectivity index (χ1v) is 8.94. The molecule has 1 aromatic heterocycles. The molecule has 1 heterocycles. The lowest BCUT2D eigenvalue weighted by molar-refractivity contribution is 0.291. The number of hydrogen-bond donors (Lipinski definition) is 1. The Morgan fingerprint density at radius 2 is 1.92 bits per heavy atom. The van der Waals surface area contributed by atoms with Crippen LogP contribution >= 0.6 is 0 Å². The summed E-state index contributed by atoms with van der Waals surface area (Å²) in [5.41, 5.74) is 4.54. The number of ether oxygens (including phenoxy) is 1. The van der Waals surface area contributed by atoms with Crippen molar-refractivity contribution in [1.82, 2.24) is 9.55 Å². The van der Waals surface area contributed by atoms with Gasteiger partial charge in [-0.3, -0.25) is 0 Å². The van der Waals surface area contributed by atoms with E-state index in [4.69, 9.17) is 4.74 Å². The zero-order chi connectivity index (χ0) is 17.6. The van der Waals surface area contributed by atoms with E-state index < -0.39 is 0 Å². The number of hydrogen-bond acceptors (Lipinski definition) is 3. The summed E-state index contributed by atoms with van der Waals surface area (Å²) in [5.74, 6) is 1.94. The molecule has 0 aliphatic carbocycles. The minimum Gasteiger partial charge on any atom is -0.493 e. The van der Waals surface area contributed by atoms with Crippen LogP contribution in [0, 0.1) is 13.8 Å². The average molecular weight is 338 g/mol. The van der Waals surface area contributed by atoms with Crippen LogP contribution in [0.4, 0.5) is 0 Å². The highest BCUT2D eigenvalue weighted by Crippen LogP contribution is 2.20. The second-order valence-corrected chi connectivity index (χ2v) is 6.47.